The monoisotopic (exact) mass is 196 g/mol. The van der Waals surface area contributed by atoms with Gasteiger partial charge in [-0.05, 0) is 58.9 Å². The molecule has 1 heterocycles. The maximum atomic E-state index is 6.13. The second kappa shape index (κ2) is 3.82. The second-order valence-corrected chi connectivity index (χ2v) is 5.53. The van der Waals surface area contributed by atoms with Crippen LogP contribution in [0.15, 0.2) is 0 Å². The number of nitrogens with two attached hydrogens (primary N) is 1. The lowest BCUT2D eigenvalue weighted by Gasteiger charge is -2.29. The van der Waals surface area contributed by atoms with E-state index in [0.29, 0.717) is 0 Å². The highest BCUT2D eigenvalue weighted by Crippen LogP contribution is 2.38. The highest BCUT2D eigenvalue weighted by Gasteiger charge is 2.39. The van der Waals surface area contributed by atoms with Crippen LogP contribution < -0.4 is 5.73 Å². The van der Waals surface area contributed by atoms with E-state index in [-0.39, 0.29) is 5.54 Å². The SMILES string of the molecule is CC(C)N1CCCC1CCC1(N)CC1. The summed E-state index contributed by atoms with van der Waals surface area (Å²) in [6.07, 6.45) is 7.90. The van der Waals surface area contributed by atoms with Crippen molar-refractivity contribution >= 4 is 0 Å². The molecule has 0 bridgehead atoms. The van der Waals surface area contributed by atoms with Crippen LogP contribution in [0.4, 0.5) is 0 Å². The minimum absolute atomic E-state index is 0.255. The Morgan fingerprint density at radius 2 is 2.14 bits per heavy atom. The zero-order valence-corrected chi connectivity index (χ0v) is 9.63. The Balaban J connectivity index is 1.78. The molecule has 2 rings (SSSR count). The van der Waals surface area contributed by atoms with Gasteiger partial charge >= 0.3 is 0 Å². The number of rotatable bonds is 4. The largest absolute Gasteiger partial charge is 0.325 e. The average Bonchev–Trinajstić information content (AvgIpc) is 2.68. The Labute approximate surface area is 87.8 Å². The van der Waals surface area contributed by atoms with Crippen molar-refractivity contribution in [3.05, 3.63) is 0 Å². The quantitative estimate of drug-likeness (QED) is 0.746. The van der Waals surface area contributed by atoms with E-state index >= 15 is 0 Å². The summed E-state index contributed by atoms with van der Waals surface area (Å²) in [4.78, 5) is 2.66. The average molecular weight is 196 g/mol. The van der Waals surface area contributed by atoms with Crippen LogP contribution >= 0.6 is 0 Å². The summed E-state index contributed by atoms with van der Waals surface area (Å²) in [7, 11) is 0. The van der Waals surface area contributed by atoms with Crippen molar-refractivity contribution in [3.8, 4) is 0 Å². The predicted molar refractivity (Wildman–Crippen MR) is 60.3 cm³/mol. The Morgan fingerprint density at radius 1 is 1.43 bits per heavy atom. The molecule has 0 spiro atoms. The first-order valence-electron chi connectivity index (χ1n) is 6.15. The van der Waals surface area contributed by atoms with Crippen LogP contribution in [0.1, 0.15) is 52.4 Å². The van der Waals surface area contributed by atoms with E-state index in [1.165, 1.54) is 45.1 Å². The highest BCUT2D eigenvalue weighted by molar-refractivity contribution is 4.99. The molecule has 0 aromatic heterocycles. The maximum absolute atomic E-state index is 6.13. The van der Waals surface area contributed by atoms with Gasteiger partial charge in [-0.2, -0.15) is 0 Å². The zero-order chi connectivity index (χ0) is 10.2. The van der Waals surface area contributed by atoms with Gasteiger partial charge < -0.3 is 5.73 Å². The molecule has 1 atom stereocenters. The fourth-order valence-corrected chi connectivity index (χ4v) is 2.71. The molecule has 2 heteroatoms. The zero-order valence-electron chi connectivity index (χ0n) is 9.63. The van der Waals surface area contributed by atoms with Gasteiger partial charge in [0.25, 0.3) is 0 Å². The summed E-state index contributed by atoms with van der Waals surface area (Å²) in [5, 5.41) is 0. The summed E-state index contributed by atoms with van der Waals surface area (Å²) >= 11 is 0. The molecule has 0 amide bonds. The Kier molecular flexibility index (Phi) is 2.85. The molecule has 2 aliphatic rings. The van der Waals surface area contributed by atoms with Crippen LogP contribution in [-0.4, -0.2) is 29.1 Å². The van der Waals surface area contributed by atoms with E-state index in [1.807, 2.05) is 0 Å². The molecule has 2 N–H and O–H groups in total. The topological polar surface area (TPSA) is 29.3 Å². The standard InChI is InChI=1S/C12H24N2/c1-10(2)14-9-3-4-11(14)5-6-12(13)7-8-12/h10-11H,3-9,13H2,1-2H3. The molecular formula is C12H24N2. The summed E-state index contributed by atoms with van der Waals surface area (Å²) in [5.41, 5.74) is 6.38. The fourth-order valence-electron chi connectivity index (χ4n) is 2.71. The lowest BCUT2D eigenvalue weighted by atomic mass is 10.0. The lowest BCUT2D eigenvalue weighted by Crippen LogP contribution is -2.36. The van der Waals surface area contributed by atoms with Gasteiger partial charge in [-0.15, -0.1) is 0 Å². The first kappa shape index (κ1) is 10.4. The molecule has 2 fully saturated rings. The van der Waals surface area contributed by atoms with Crippen LogP contribution in [0.2, 0.25) is 0 Å². The van der Waals surface area contributed by atoms with E-state index in [0.717, 1.165) is 12.1 Å². The maximum Gasteiger partial charge on any atom is 0.0156 e. The van der Waals surface area contributed by atoms with Crippen molar-refractivity contribution in [2.75, 3.05) is 6.54 Å². The van der Waals surface area contributed by atoms with Crippen molar-refractivity contribution in [3.63, 3.8) is 0 Å². The molecule has 2 nitrogen and oxygen atoms in total. The van der Waals surface area contributed by atoms with Gasteiger partial charge in [0.15, 0.2) is 0 Å². The summed E-state index contributed by atoms with van der Waals surface area (Å²) in [5.74, 6) is 0. The number of nitrogens with zero attached hydrogens (tertiary/aromatic N) is 1. The van der Waals surface area contributed by atoms with E-state index in [2.05, 4.69) is 18.7 Å². The van der Waals surface area contributed by atoms with Gasteiger partial charge in [0.1, 0.15) is 0 Å². The molecule has 1 saturated heterocycles. The molecule has 1 aliphatic heterocycles. The molecular weight excluding hydrogens is 172 g/mol. The van der Waals surface area contributed by atoms with Crippen molar-refractivity contribution in [2.45, 2.75) is 70.0 Å². The van der Waals surface area contributed by atoms with Crippen LogP contribution in [0, 0.1) is 0 Å². The third-order valence-electron chi connectivity index (χ3n) is 3.95. The number of likely N-dealkylation sites (tertiary alicyclic amines) is 1. The summed E-state index contributed by atoms with van der Waals surface area (Å²) < 4.78 is 0. The van der Waals surface area contributed by atoms with Crippen LogP contribution in [-0.2, 0) is 0 Å². The van der Waals surface area contributed by atoms with Crippen molar-refractivity contribution in [1.29, 1.82) is 0 Å². The molecule has 1 unspecified atom stereocenters. The molecule has 0 aromatic rings. The van der Waals surface area contributed by atoms with Gasteiger partial charge in [0.05, 0.1) is 0 Å². The van der Waals surface area contributed by atoms with E-state index in [1.54, 1.807) is 0 Å². The summed E-state index contributed by atoms with van der Waals surface area (Å²) in [6.45, 7) is 5.93. The second-order valence-electron chi connectivity index (χ2n) is 5.53. The molecule has 82 valence electrons. The fraction of sp³-hybridized carbons (Fsp3) is 1.00. The van der Waals surface area contributed by atoms with E-state index in [4.69, 9.17) is 5.73 Å². The Morgan fingerprint density at radius 3 is 2.71 bits per heavy atom. The highest BCUT2D eigenvalue weighted by atomic mass is 15.2. The molecule has 1 saturated carbocycles. The van der Waals surface area contributed by atoms with Gasteiger partial charge in [-0.1, -0.05) is 0 Å². The van der Waals surface area contributed by atoms with Gasteiger partial charge in [0.2, 0.25) is 0 Å². The summed E-state index contributed by atoms with van der Waals surface area (Å²) in [6, 6.07) is 1.55. The Hall–Kier alpha value is -0.0800. The van der Waals surface area contributed by atoms with Crippen LogP contribution in [0.3, 0.4) is 0 Å². The van der Waals surface area contributed by atoms with Crippen molar-refractivity contribution in [2.24, 2.45) is 5.73 Å². The third-order valence-corrected chi connectivity index (χ3v) is 3.95. The lowest BCUT2D eigenvalue weighted by molar-refractivity contribution is 0.190. The first-order valence-corrected chi connectivity index (χ1v) is 6.15. The Bertz CT molecular complexity index is 196. The smallest absolute Gasteiger partial charge is 0.0156 e. The van der Waals surface area contributed by atoms with Gasteiger partial charge in [0, 0.05) is 17.6 Å². The number of hydrogen-bond acceptors (Lipinski definition) is 2. The minimum Gasteiger partial charge on any atom is -0.325 e. The van der Waals surface area contributed by atoms with Crippen molar-refractivity contribution < 1.29 is 0 Å². The third kappa shape index (κ3) is 2.29. The van der Waals surface area contributed by atoms with Gasteiger partial charge in [-0.3, -0.25) is 4.90 Å². The molecule has 0 radical (unpaired) electrons. The molecule has 0 aromatic carbocycles. The predicted octanol–water partition coefficient (Wildman–Crippen LogP) is 2.13. The van der Waals surface area contributed by atoms with Crippen molar-refractivity contribution in [1.82, 2.24) is 4.90 Å². The van der Waals surface area contributed by atoms with Crippen LogP contribution in [0.5, 0.6) is 0 Å². The minimum atomic E-state index is 0.255. The molecule has 1 aliphatic carbocycles. The molecule has 14 heavy (non-hydrogen) atoms. The van der Waals surface area contributed by atoms with E-state index < -0.39 is 0 Å². The van der Waals surface area contributed by atoms with E-state index in [9.17, 15) is 0 Å². The first-order chi connectivity index (χ1) is 6.61. The van der Waals surface area contributed by atoms with Crippen LogP contribution in [0.25, 0.3) is 0 Å². The normalized spacial score (nSPS) is 31.3. The number of hydrogen-bond donors (Lipinski definition) is 1. The van der Waals surface area contributed by atoms with Gasteiger partial charge in [-0.25, -0.2) is 0 Å².